The Morgan fingerprint density at radius 1 is 1.53 bits per heavy atom. The molecule has 0 aliphatic carbocycles. The van der Waals surface area contributed by atoms with E-state index in [1.165, 1.54) is 12.8 Å². The van der Waals surface area contributed by atoms with Crippen molar-refractivity contribution in [2.75, 3.05) is 26.2 Å². The molecule has 3 heteroatoms. The average molecular weight is 209 g/mol. The maximum absolute atomic E-state index is 8.80. The number of hydrogen-bond donors (Lipinski definition) is 1. The summed E-state index contributed by atoms with van der Waals surface area (Å²) in [5, 5.41) is 12.2. The van der Waals surface area contributed by atoms with Gasteiger partial charge >= 0.3 is 0 Å². The van der Waals surface area contributed by atoms with Crippen LogP contribution in [-0.2, 0) is 0 Å². The van der Waals surface area contributed by atoms with E-state index in [2.05, 4.69) is 30.1 Å². The van der Waals surface area contributed by atoms with Crippen molar-refractivity contribution in [3.8, 4) is 6.07 Å². The van der Waals surface area contributed by atoms with Gasteiger partial charge in [0.25, 0.3) is 0 Å². The second kappa shape index (κ2) is 6.81. The SMILES string of the molecule is CC(C)CCN1CCCNCC1CC#N. The van der Waals surface area contributed by atoms with Crippen LogP contribution >= 0.6 is 0 Å². The third-order valence-electron chi connectivity index (χ3n) is 3.02. The van der Waals surface area contributed by atoms with Crippen LogP contribution in [0, 0.1) is 17.2 Å². The Labute approximate surface area is 93.5 Å². The van der Waals surface area contributed by atoms with E-state index in [0.717, 1.165) is 32.1 Å². The molecule has 15 heavy (non-hydrogen) atoms. The molecule has 0 saturated carbocycles. The van der Waals surface area contributed by atoms with Crippen LogP contribution in [0.1, 0.15) is 33.1 Å². The first-order valence-corrected chi connectivity index (χ1v) is 6.05. The molecular formula is C12H23N3. The molecule has 1 aliphatic heterocycles. The van der Waals surface area contributed by atoms with Crippen molar-refractivity contribution < 1.29 is 0 Å². The molecule has 0 bridgehead atoms. The van der Waals surface area contributed by atoms with Crippen LogP contribution in [0.25, 0.3) is 0 Å². The smallest absolute Gasteiger partial charge is 0.0638 e. The van der Waals surface area contributed by atoms with Gasteiger partial charge in [0, 0.05) is 12.6 Å². The normalized spacial score (nSPS) is 23.7. The highest BCUT2D eigenvalue weighted by Gasteiger charge is 2.20. The van der Waals surface area contributed by atoms with E-state index in [0.29, 0.717) is 12.5 Å². The van der Waals surface area contributed by atoms with E-state index in [9.17, 15) is 0 Å². The molecule has 0 aromatic heterocycles. The highest BCUT2D eigenvalue weighted by Crippen LogP contribution is 2.10. The molecule has 86 valence electrons. The molecule has 1 unspecified atom stereocenters. The van der Waals surface area contributed by atoms with Crippen molar-refractivity contribution in [1.29, 1.82) is 5.26 Å². The summed E-state index contributed by atoms with van der Waals surface area (Å²) in [5.41, 5.74) is 0. The summed E-state index contributed by atoms with van der Waals surface area (Å²) in [7, 11) is 0. The van der Waals surface area contributed by atoms with Crippen LogP contribution in [0.5, 0.6) is 0 Å². The molecule has 1 N–H and O–H groups in total. The van der Waals surface area contributed by atoms with E-state index in [-0.39, 0.29) is 0 Å². The number of nitrogens with zero attached hydrogens (tertiary/aromatic N) is 2. The van der Waals surface area contributed by atoms with Gasteiger partial charge in [-0.15, -0.1) is 0 Å². The second-order valence-corrected chi connectivity index (χ2v) is 4.79. The average Bonchev–Trinajstić information content (AvgIpc) is 2.41. The first kappa shape index (κ1) is 12.5. The zero-order valence-corrected chi connectivity index (χ0v) is 10.00. The molecule has 0 radical (unpaired) electrons. The lowest BCUT2D eigenvalue weighted by atomic mass is 10.1. The number of nitriles is 1. The summed E-state index contributed by atoms with van der Waals surface area (Å²) < 4.78 is 0. The van der Waals surface area contributed by atoms with Gasteiger partial charge in [0.2, 0.25) is 0 Å². The molecule has 3 nitrogen and oxygen atoms in total. The molecule has 0 spiro atoms. The Kier molecular flexibility index (Phi) is 5.67. The molecule has 1 aliphatic rings. The minimum absolute atomic E-state index is 0.427. The molecule has 1 atom stereocenters. The highest BCUT2D eigenvalue weighted by atomic mass is 15.2. The van der Waals surface area contributed by atoms with Gasteiger partial charge in [-0.2, -0.15) is 5.26 Å². The van der Waals surface area contributed by atoms with Crippen LogP contribution in [0.3, 0.4) is 0 Å². The first-order chi connectivity index (χ1) is 7.24. The van der Waals surface area contributed by atoms with Crippen LogP contribution in [-0.4, -0.2) is 37.1 Å². The fourth-order valence-electron chi connectivity index (χ4n) is 2.01. The minimum atomic E-state index is 0.427. The van der Waals surface area contributed by atoms with Crippen molar-refractivity contribution in [3.63, 3.8) is 0 Å². The predicted molar refractivity (Wildman–Crippen MR) is 62.5 cm³/mol. The monoisotopic (exact) mass is 209 g/mol. The zero-order valence-electron chi connectivity index (χ0n) is 10.00. The second-order valence-electron chi connectivity index (χ2n) is 4.79. The van der Waals surface area contributed by atoms with Gasteiger partial charge in [0.15, 0.2) is 0 Å². The highest BCUT2D eigenvalue weighted by molar-refractivity contribution is 4.86. The topological polar surface area (TPSA) is 39.1 Å². The number of hydrogen-bond acceptors (Lipinski definition) is 3. The molecule has 0 amide bonds. The first-order valence-electron chi connectivity index (χ1n) is 6.05. The standard InChI is InChI=1S/C12H23N3/c1-11(2)5-9-15-8-3-7-14-10-12(15)4-6-13/h11-12,14H,3-5,7-10H2,1-2H3. The molecule has 1 saturated heterocycles. The summed E-state index contributed by atoms with van der Waals surface area (Å²) in [6.07, 6.45) is 3.10. The molecule has 1 rings (SSSR count). The maximum atomic E-state index is 8.80. The molecule has 1 heterocycles. The van der Waals surface area contributed by atoms with Crippen molar-refractivity contribution in [3.05, 3.63) is 0 Å². The van der Waals surface area contributed by atoms with Crippen molar-refractivity contribution >= 4 is 0 Å². The predicted octanol–water partition coefficient (Wildman–Crippen LogP) is 1.61. The largest absolute Gasteiger partial charge is 0.315 e. The van der Waals surface area contributed by atoms with Crippen LogP contribution in [0.2, 0.25) is 0 Å². The maximum Gasteiger partial charge on any atom is 0.0638 e. The fourth-order valence-corrected chi connectivity index (χ4v) is 2.01. The van der Waals surface area contributed by atoms with Gasteiger partial charge in [0.05, 0.1) is 12.5 Å². The van der Waals surface area contributed by atoms with Gasteiger partial charge in [0.1, 0.15) is 0 Å². The van der Waals surface area contributed by atoms with Gasteiger partial charge in [-0.1, -0.05) is 13.8 Å². The van der Waals surface area contributed by atoms with Crippen LogP contribution in [0.4, 0.5) is 0 Å². The van der Waals surface area contributed by atoms with Crippen LogP contribution < -0.4 is 5.32 Å². The van der Waals surface area contributed by atoms with Crippen molar-refractivity contribution in [2.45, 2.75) is 39.2 Å². The van der Waals surface area contributed by atoms with Crippen molar-refractivity contribution in [1.82, 2.24) is 10.2 Å². The lowest BCUT2D eigenvalue weighted by Crippen LogP contribution is -2.40. The molecule has 0 aromatic carbocycles. The van der Waals surface area contributed by atoms with E-state index in [1.807, 2.05) is 0 Å². The summed E-state index contributed by atoms with van der Waals surface area (Å²) in [5.74, 6) is 0.754. The van der Waals surface area contributed by atoms with Crippen molar-refractivity contribution in [2.24, 2.45) is 5.92 Å². The Bertz CT molecular complexity index is 207. The third kappa shape index (κ3) is 4.63. The van der Waals surface area contributed by atoms with Gasteiger partial charge in [-0.3, -0.25) is 4.90 Å². The molecule has 1 fully saturated rings. The summed E-state index contributed by atoms with van der Waals surface area (Å²) in [4.78, 5) is 2.49. The summed E-state index contributed by atoms with van der Waals surface area (Å²) in [6, 6.07) is 2.73. The third-order valence-corrected chi connectivity index (χ3v) is 3.02. The minimum Gasteiger partial charge on any atom is -0.315 e. The molecular weight excluding hydrogens is 186 g/mol. The lowest BCUT2D eigenvalue weighted by Gasteiger charge is -2.28. The summed E-state index contributed by atoms with van der Waals surface area (Å²) >= 11 is 0. The Hall–Kier alpha value is -0.590. The fraction of sp³-hybridized carbons (Fsp3) is 0.917. The Morgan fingerprint density at radius 2 is 2.33 bits per heavy atom. The van der Waals surface area contributed by atoms with E-state index in [1.54, 1.807) is 0 Å². The lowest BCUT2D eigenvalue weighted by molar-refractivity contribution is 0.200. The van der Waals surface area contributed by atoms with Crippen LogP contribution in [0.15, 0.2) is 0 Å². The van der Waals surface area contributed by atoms with Gasteiger partial charge in [-0.25, -0.2) is 0 Å². The van der Waals surface area contributed by atoms with E-state index >= 15 is 0 Å². The summed E-state index contributed by atoms with van der Waals surface area (Å²) in [6.45, 7) is 8.88. The van der Waals surface area contributed by atoms with Gasteiger partial charge in [-0.05, 0) is 38.4 Å². The number of rotatable bonds is 4. The van der Waals surface area contributed by atoms with E-state index in [4.69, 9.17) is 5.26 Å². The molecule has 0 aromatic rings. The quantitative estimate of drug-likeness (QED) is 0.764. The van der Waals surface area contributed by atoms with E-state index < -0.39 is 0 Å². The Balaban J connectivity index is 2.43. The number of nitrogens with one attached hydrogen (secondary N) is 1. The zero-order chi connectivity index (χ0) is 11.1. The van der Waals surface area contributed by atoms with Gasteiger partial charge < -0.3 is 5.32 Å². The Morgan fingerprint density at radius 3 is 3.00 bits per heavy atom.